The summed E-state index contributed by atoms with van der Waals surface area (Å²) in [6.07, 6.45) is 0.888. The maximum absolute atomic E-state index is 12.4. The summed E-state index contributed by atoms with van der Waals surface area (Å²) in [5.41, 5.74) is 2.51. The molecule has 0 saturated carbocycles. The molecule has 0 fully saturated rings. The number of anilines is 1. The third-order valence-electron chi connectivity index (χ3n) is 4.07. The summed E-state index contributed by atoms with van der Waals surface area (Å²) >= 11 is 0. The molecule has 0 aromatic heterocycles. The lowest BCUT2D eigenvalue weighted by Crippen LogP contribution is -2.29. The van der Waals surface area contributed by atoms with Crippen LogP contribution in [0, 0.1) is 0 Å². The number of hydrogen-bond donors (Lipinski definition) is 2. The van der Waals surface area contributed by atoms with Gasteiger partial charge < -0.3 is 15.4 Å². The van der Waals surface area contributed by atoms with Crippen LogP contribution in [0.4, 0.5) is 5.69 Å². The standard InChI is InChI=1S/C22H28N2O3/c1-5-14-23-20(25)15-27-19-12-10-18(11-13-19)24-21(26)16-6-8-17(9-7-16)22(2,3)4/h6-13H,5,14-15H2,1-4H3,(H,23,25)(H,24,26). The van der Waals surface area contributed by atoms with Gasteiger partial charge in [-0.15, -0.1) is 0 Å². The zero-order chi connectivity index (χ0) is 19.9. The van der Waals surface area contributed by atoms with Gasteiger partial charge in [0.1, 0.15) is 5.75 Å². The van der Waals surface area contributed by atoms with E-state index in [9.17, 15) is 9.59 Å². The van der Waals surface area contributed by atoms with E-state index in [0.29, 0.717) is 23.5 Å². The predicted molar refractivity (Wildman–Crippen MR) is 108 cm³/mol. The first kappa shape index (κ1) is 20.5. The van der Waals surface area contributed by atoms with Crippen molar-refractivity contribution in [2.24, 2.45) is 0 Å². The molecule has 2 rings (SSSR count). The lowest BCUT2D eigenvalue weighted by Gasteiger charge is -2.19. The van der Waals surface area contributed by atoms with Crippen LogP contribution in [0.3, 0.4) is 0 Å². The summed E-state index contributed by atoms with van der Waals surface area (Å²) in [6, 6.07) is 14.6. The van der Waals surface area contributed by atoms with Crippen molar-refractivity contribution in [3.05, 3.63) is 59.7 Å². The molecule has 5 heteroatoms. The number of carbonyl (C=O) groups excluding carboxylic acids is 2. The van der Waals surface area contributed by atoms with E-state index < -0.39 is 0 Å². The molecule has 2 aromatic rings. The van der Waals surface area contributed by atoms with Gasteiger partial charge in [-0.3, -0.25) is 9.59 Å². The highest BCUT2D eigenvalue weighted by Gasteiger charge is 2.14. The molecule has 5 nitrogen and oxygen atoms in total. The Balaban J connectivity index is 1.90. The van der Waals surface area contributed by atoms with Crippen LogP contribution in [0.2, 0.25) is 0 Å². The molecule has 0 saturated heterocycles. The van der Waals surface area contributed by atoms with Crippen molar-refractivity contribution < 1.29 is 14.3 Å². The molecule has 0 atom stereocenters. The number of ether oxygens (including phenoxy) is 1. The minimum atomic E-state index is -0.164. The Morgan fingerprint density at radius 2 is 1.59 bits per heavy atom. The molecule has 2 aromatic carbocycles. The van der Waals surface area contributed by atoms with Crippen LogP contribution in [-0.2, 0) is 10.2 Å². The van der Waals surface area contributed by atoms with Gasteiger partial charge >= 0.3 is 0 Å². The highest BCUT2D eigenvalue weighted by Crippen LogP contribution is 2.22. The average molecular weight is 368 g/mol. The first-order chi connectivity index (χ1) is 12.8. The summed E-state index contributed by atoms with van der Waals surface area (Å²) < 4.78 is 5.43. The van der Waals surface area contributed by atoms with Gasteiger partial charge in [0, 0.05) is 17.8 Å². The second-order valence-electron chi connectivity index (χ2n) is 7.44. The molecule has 0 heterocycles. The Labute approximate surface area is 161 Å². The van der Waals surface area contributed by atoms with Gasteiger partial charge in [0.25, 0.3) is 11.8 Å². The van der Waals surface area contributed by atoms with Crippen LogP contribution in [0.25, 0.3) is 0 Å². The van der Waals surface area contributed by atoms with Gasteiger partial charge in [-0.1, -0.05) is 39.8 Å². The van der Waals surface area contributed by atoms with E-state index in [1.54, 1.807) is 24.3 Å². The smallest absolute Gasteiger partial charge is 0.257 e. The van der Waals surface area contributed by atoms with Gasteiger partial charge in [0.15, 0.2) is 6.61 Å². The molecule has 0 bridgehead atoms. The van der Waals surface area contributed by atoms with E-state index in [2.05, 4.69) is 31.4 Å². The van der Waals surface area contributed by atoms with E-state index >= 15 is 0 Å². The van der Waals surface area contributed by atoms with Crippen molar-refractivity contribution in [1.82, 2.24) is 5.32 Å². The SMILES string of the molecule is CCCNC(=O)COc1ccc(NC(=O)c2ccc(C(C)(C)C)cc2)cc1. The topological polar surface area (TPSA) is 67.4 Å². The second-order valence-corrected chi connectivity index (χ2v) is 7.44. The first-order valence-corrected chi connectivity index (χ1v) is 9.21. The first-order valence-electron chi connectivity index (χ1n) is 9.21. The third-order valence-corrected chi connectivity index (χ3v) is 4.07. The van der Waals surface area contributed by atoms with Crippen molar-refractivity contribution >= 4 is 17.5 Å². The summed E-state index contributed by atoms with van der Waals surface area (Å²) in [4.78, 5) is 23.9. The van der Waals surface area contributed by atoms with Crippen molar-refractivity contribution in [2.45, 2.75) is 39.5 Å². The summed E-state index contributed by atoms with van der Waals surface area (Å²) in [7, 11) is 0. The molecular weight excluding hydrogens is 340 g/mol. The minimum absolute atomic E-state index is 0.0220. The number of hydrogen-bond acceptors (Lipinski definition) is 3. The lowest BCUT2D eigenvalue weighted by molar-refractivity contribution is -0.123. The molecule has 144 valence electrons. The van der Waals surface area contributed by atoms with Crippen molar-refractivity contribution in [2.75, 3.05) is 18.5 Å². The van der Waals surface area contributed by atoms with Crippen LogP contribution in [0.15, 0.2) is 48.5 Å². The molecular formula is C22H28N2O3. The van der Waals surface area contributed by atoms with E-state index in [0.717, 1.165) is 6.42 Å². The van der Waals surface area contributed by atoms with Crippen LogP contribution in [0.5, 0.6) is 5.75 Å². The fourth-order valence-electron chi connectivity index (χ4n) is 2.42. The Kier molecular flexibility index (Phi) is 6.99. The van der Waals surface area contributed by atoms with Gasteiger partial charge in [0.05, 0.1) is 0 Å². The molecule has 0 aliphatic carbocycles. The van der Waals surface area contributed by atoms with Crippen LogP contribution in [0.1, 0.15) is 50.0 Å². The Morgan fingerprint density at radius 3 is 2.15 bits per heavy atom. The maximum Gasteiger partial charge on any atom is 0.257 e. The van der Waals surface area contributed by atoms with Crippen LogP contribution < -0.4 is 15.4 Å². The molecule has 2 N–H and O–H groups in total. The van der Waals surface area contributed by atoms with Gasteiger partial charge in [-0.05, 0) is 53.8 Å². The Hall–Kier alpha value is -2.82. The lowest BCUT2D eigenvalue weighted by atomic mass is 9.87. The predicted octanol–water partition coefficient (Wildman–Crippen LogP) is 4.14. The third kappa shape index (κ3) is 6.44. The Morgan fingerprint density at radius 1 is 0.963 bits per heavy atom. The van der Waals surface area contributed by atoms with E-state index in [-0.39, 0.29) is 23.8 Å². The largest absolute Gasteiger partial charge is 0.484 e. The van der Waals surface area contributed by atoms with Crippen molar-refractivity contribution in [3.8, 4) is 5.75 Å². The van der Waals surface area contributed by atoms with E-state index in [1.165, 1.54) is 5.56 Å². The number of nitrogens with one attached hydrogen (secondary N) is 2. The number of amides is 2. The fourth-order valence-corrected chi connectivity index (χ4v) is 2.42. The zero-order valence-corrected chi connectivity index (χ0v) is 16.5. The molecule has 0 radical (unpaired) electrons. The second kappa shape index (κ2) is 9.21. The van der Waals surface area contributed by atoms with Crippen molar-refractivity contribution in [1.29, 1.82) is 0 Å². The summed E-state index contributed by atoms with van der Waals surface area (Å²) in [6.45, 7) is 9.03. The molecule has 0 aliphatic heterocycles. The number of carbonyl (C=O) groups is 2. The summed E-state index contributed by atoms with van der Waals surface area (Å²) in [5, 5.41) is 5.61. The van der Waals surface area contributed by atoms with Gasteiger partial charge in [0.2, 0.25) is 0 Å². The zero-order valence-electron chi connectivity index (χ0n) is 16.5. The summed E-state index contributed by atoms with van der Waals surface area (Å²) in [5.74, 6) is 0.269. The van der Waals surface area contributed by atoms with Gasteiger partial charge in [-0.2, -0.15) is 0 Å². The monoisotopic (exact) mass is 368 g/mol. The number of rotatable bonds is 7. The van der Waals surface area contributed by atoms with Crippen LogP contribution in [-0.4, -0.2) is 25.0 Å². The fraction of sp³-hybridized carbons (Fsp3) is 0.364. The Bertz CT molecular complexity index is 760. The highest BCUT2D eigenvalue weighted by atomic mass is 16.5. The van der Waals surface area contributed by atoms with Crippen LogP contribution >= 0.6 is 0 Å². The molecule has 0 spiro atoms. The minimum Gasteiger partial charge on any atom is -0.484 e. The van der Waals surface area contributed by atoms with Gasteiger partial charge in [-0.25, -0.2) is 0 Å². The molecule has 0 aliphatic rings. The van der Waals surface area contributed by atoms with E-state index in [1.807, 2.05) is 31.2 Å². The molecule has 27 heavy (non-hydrogen) atoms. The molecule has 2 amide bonds. The quantitative estimate of drug-likeness (QED) is 0.772. The van der Waals surface area contributed by atoms with E-state index in [4.69, 9.17) is 4.74 Å². The normalized spacial score (nSPS) is 11.0. The average Bonchev–Trinajstić information content (AvgIpc) is 2.65. The highest BCUT2D eigenvalue weighted by molar-refractivity contribution is 6.04. The van der Waals surface area contributed by atoms with Crippen molar-refractivity contribution in [3.63, 3.8) is 0 Å². The maximum atomic E-state index is 12.4. The number of benzene rings is 2. The molecule has 0 unspecified atom stereocenters.